The van der Waals surface area contributed by atoms with Crippen LogP contribution in [0, 0.1) is 25.7 Å². The number of amides is 2. The first-order chi connectivity index (χ1) is 20.9. The molecule has 1 aromatic rings. The molecule has 44 heavy (non-hydrogen) atoms. The van der Waals surface area contributed by atoms with Gasteiger partial charge in [0.2, 0.25) is 11.8 Å². The molecule has 1 unspecified atom stereocenters. The summed E-state index contributed by atoms with van der Waals surface area (Å²) in [5.41, 5.74) is 3.40. The second-order valence-corrected chi connectivity index (χ2v) is 11.7. The quantitative estimate of drug-likeness (QED) is 0.127. The molecular weight excluding hydrogens is 564 g/mol. The van der Waals surface area contributed by atoms with Crippen LogP contribution in [-0.2, 0) is 28.7 Å². The molecule has 1 aliphatic heterocycles. The minimum Gasteiger partial charge on any atom is -0.508 e. The molecule has 0 spiro atoms. The third-order valence-electron chi connectivity index (χ3n) is 7.16. The van der Waals surface area contributed by atoms with E-state index >= 15 is 0 Å². The molecule has 1 fully saturated rings. The molecule has 4 atom stereocenters. The van der Waals surface area contributed by atoms with Gasteiger partial charge in [0.05, 0.1) is 19.1 Å². The van der Waals surface area contributed by atoms with Crippen molar-refractivity contribution in [1.29, 1.82) is 0 Å². The number of benzene rings is 1. The van der Waals surface area contributed by atoms with Crippen LogP contribution in [0.4, 0.5) is 0 Å². The van der Waals surface area contributed by atoms with Gasteiger partial charge in [-0.2, -0.15) is 0 Å². The van der Waals surface area contributed by atoms with Crippen LogP contribution in [0.2, 0.25) is 0 Å². The van der Waals surface area contributed by atoms with Crippen LogP contribution in [0.25, 0.3) is 0 Å². The van der Waals surface area contributed by atoms with Gasteiger partial charge in [-0.05, 0) is 81.1 Å². The van der Waals surface area contributed by atoms with Gasteiger partial charge in [0.25, 0.3) is 0 Å². The third-order valence-corrected chi connectivity index (χ3v) is 7.16. The molecule has 1 aromatic carbocycles. The molecule has 10 nitrogen and oxygen atoms in total. The lowest BCUT2D eigenvalue weighted by Gasteiger charge is -2.15. The molecule has 0 saturated carbocycles. The lowest BCUT2D eigenvalue weighted by molar-refractivity contribution is -0.165. The molecule has 1 heterocycles. The summed E-state index contributed by atoms with van der Waals surface area (Å²) in [6.07, 6.45) is 12.9. The number of rotatable bonds is 15. The smallest absolute Gasteiger partial charge is 0.345 e. The topological polar surface area (TPSA) is 155 Å². The number of phenolic OH excluding ortho intramolecular Hbond substituents is 1. The number of ether oxygens (including phenoxy) is 2. The zero-order valence-corrected chi connectivity index (χ0v) is 26.5. The predicted octanol–water partition coefficient (Wildman–Crippen LogP) is 4.68. The van der Waals surface area contributed by atoms with Gasteiger partial charge < -0.3 is 30.3 Å². The Kier molecular flexibility index (Phi) is 15.4. The Bertz CT molecular complexity index is 1220. The van der Waals surface area contributed by atoms with Crippen LogP contribution in [0.15, 0.2) is 54.2 Å². The summed E-state index contributed by atoms with van der Waals surface area (Å²) in [7, 11) is 0. The van der Waals surface area contributed by atoms with Crippen molar-refractivity contribution in [2.45, 2.75) is 91.5 Å². The van der Waals surface area contributed by atoms with E-state index in [2.05, 4.69) is 35.8 Å². The van der Waals surface area contributed by atoms with Crippen LogP contribution < -0.4 is 10.6 Å². The number of esters is 1. The maximum absolute atomic E-state index is 11.9. The van der Waals surface area contributed by atoms with Gasteiger partial charge in [-0.3, -0.25) is 14.4 Å². The van der Waals surface area contributed by atoms with Crippen molar-refractivity contribution in [3.05, 3.63) is 65.3 Å². The number of carbonyl (C=O) groups is 4. The van der Waals surface area contributed by atoms with Crippen molar-refractivity contribution < 1.29 is 38.9 Å². The monoisotopic (exact) mass is 612 g/mol. The van der Waals surface area contributed by atoms with Gasteiger partial charge in [0.1, 0.15) is 11.9 Å². The van der Waals surface area contributed by atoms with Crippen LogP contribution in [0.5, 0.6) is 5.75 Å². The number of aliphatic carboxylic acids is 1. The number of nitrogens with one attached hydrogen (secondary N) is 2. The number of aromatic hydroxyl groups is 1. The van der Waals surface area contributed by atoms with Crippen molar-refractivity contribution >= 4 is 23.8 Å². The number of carboxylic acids is 1. The van der Waals surface area contributed by atoms with E-state index in [1.165, 1.54) is 17.2 Å². The van der Waals surface area contributed by atoms with Gasteiger partial charge in [-0.1, -0.05) is 62.8 Å². The van der Waals surface area contributed by atoms with E-state index in [4.69, 9.17) is 19.7 Å². The standard InChI is InChI=1S/C26H38N2O7.C8H10O/c1-17(2)15-20(26(32)33)34-23(31)13-14-27-22(30)16-28-21(29)12-8-7-9-18(3)24-25(35-24)19-10-5-4-6-11-19;1-6-3-4-8(9)7(2)5-6/h5,8,10-12,17-18,20,24-25H,4,6-7,9,13-16H2,1-3H3,(H,27,30)(H,28,29)(H,32,33);3-5,9H,1-2H3/b12-8+;/t18-,20-,24?,25+;/m0./s1. The van der Waals surface area contributed by atoms with Gasteiger partial charge in [-0.15, -0.1) is 0 Å². The highest BCUT2D eigenvalue weighted by Crippen LogP contribution is 2.38. The lowest BCUT2D eigenvalue weighted by atomic mass is 9.94. The molecule has 1 aliphatic carbocycles. The second-order valence-electron chi connectivity index (χ2n) is 11.7. The summed E-state index contributed by atoms with van der Waals surface area (Å²) in [5.74, 6) is -1.89. The molecule has 4 N–H and O–H groups in total. The molecule has 1 saturated heterocycles. The fourth-order valence-electron chi connectivity index (χ4n) is 4.63. The fraction of sp³-hybridized carbons (Fsp3) is 0.529. The van der Waals surface area contributed by atoms with Crippen molar-refractivity contribution in [3.8, 4) is 5.75 Å². The molecule has 10 heteroatoms. The molecule has 0 radical (unpaired) electrons. The Hall–Kier alpha value is -3.92. The van der Waals surface area contributed by atoms with E-state index in [1.807, 2.05) is 39.8 Å². The number of allylic oxidation sites excluding steroid dienone is 3. The highest BCUT2D eigenvalue weighted by molar-refractivity contribution is 5.91. The number of aryl methyl sites for hydroxylation is 2. The van der Waals surface area contributed by atoms with Crippen LogP contribution in [0.3, 0.4) is 0 Å². The predicted molar refractivity (Wildman–Crippen MR) is 168 cm³/mol. The summed E-state index contributed by atoms with van der Waals surface area (Å²) in [6.45, 7) is 9.49. The molecule has 0 bridgehead atoms. The van der Waals surface area contributed by atoms with Gasteiger partial charge >= 0.3 is 11.9 Å². The first-order valence-corrected chi connectivity index (χ1v) is 15.3. The highest BCUT2D eigenvalue weighted by Gasteiger charge is 2.44. The normalized spacial score (nSPS) is 18.5. The maximum Gasteiger partial charge on any atom is 0.345 e. The summed E-state index contributed by atoms with van der Waals surface area (Å²) < 4.78 is 10.8. The van der Waals surface area contributed by atoms with Crippen LogP contribution in [-0.4, -0.2) is 65.4 Å². The van der Waals surface area contributed by atoms with Crippen molar-refractivity contribution in [2.24, 2.45) is 11.8 Å². The van der Waals surface area contributed by atoms with Gasteiger partial charge in [0, 0.05) is 6.54 Å². The van der Waals surface area contributed by atoms with E-state index < -0.39 is 23.9 Å². The van der Waals surface area contributed by atoms with E-state index in [9.17, 15) is 19.2 Å². The number of hydrogen-bond acceptors (Lipinski definition) is 7. The Morgan fingerprint density at radius 3 is 2.48 bits per heavy atom. The summed E-state index contributed by atoms with van der Waals surface area (Å²) in [4.78, 5) is 46.7. The number of carbonyl (C=O) groups excluding carboxylic acids is 3. The van der Waals surface area contributed by atoms with Crippen LogP contribution >= 0.6 is 0 Å². The first-order valence-electron chi connectivity index (χ1n) is 15.3. The fourth-order valence-corrected chi connectivity index (χ4v) is 4.63. The molecular formula is C34H48N2O8. The minimum atomic E-state index is -1.20. The van der Waals surface area contributed by atoms with E-state index in [0.717, 1.165) is 31.2 Å². The zero-order chi connectivity index (χ0) is 32.6. The summed E-state index contributed by atoms with van der Waals surface area (Å²) in [6, 6.07) is 5.56. The Labute approximate surface area is 260 Å². The lowest BCUT2D eigenvalue weighted by Crippen LogP contribution is -2.37. The van der Waals surface area contributed by atoms with E-state index in [0.29, 0.717) is 11.7 Å². The zero-order valence-electron chi connectivity index (χ0n) is 26.5. The Morgan fingerprint density at radius 2 is 1.86 bits per heavy atom. The molecule has 3 rings (SSSR count). The van der Waals surface area contributed by atoms with Gasteiger partial charge in [0.15, 0.2) is 6.10 Å². The molecule has 242 valence electrons. The number of carboxylic acid groups (broad SMARTS) is 1. The Morgan fingerprint density at radius 1 is 1.11 bits per heavy atom. The molecule has 2 amide bonds. The molecule has 2 aliphatic rings. The Balaban J connectivity index is 0.000000639. The van der Waals surface area contributed by atoms with Crippen molar-refractivity contribution in [2.75, 3.05) is 13.1 Å². The number of epoxide rings is 1. The van der Waals surface area contributed by atoms with Gasteiger partial charge in [-0.25, -0.2) is 4.79 Å². The maximum atomic E-state index is 11.9. The van der Waals surface area contributed by atoms with E-state index in [1.54, 1.807) is 12.1 Å². The second kappa shape index (κ2) is 18.7. The highest BCUT2D eigenvalue weighted by atomic mass is 16.6. The number of hydrogen-bond donors (Lipinski definition) is 4. The average Bonchev–Trinajstić information content (AvgIpc) is 3.78. The molecule has 0 aromatic heterocycles. The summed E-state index contributed by atoms with van der Waals surface area (Å²) in [5, 5.41) is 23.1. The largest absolute Gasteiger partial charge is 0.508 e. The average molecular weight is 613 g/mol. The summed E-state index contributed by atoms with van der Waals surface area (Å²) >= 11 is 0. The van der Waals surface area contributed by atoms with Crippen molar-refractivity contribution in [3.63, 3.8) is 0 Å². The van der Waals surface area contributed by atoms with Crippen LogP contribution in [0.1, 0.15) is 70.4 Å². The van der Waals surface area contributed by atoms with Crippen molar-refractivity contribution in [1.82, 2.24) is 10.6 Å². The third kappa shape index (κ3) is 14.0. The minimum absolute atomic E-state index is 0.00773. The number of phenols is 1. The first kappa shape index (κ1) is 36.3. The van der Waals surface area contributed by atoms with E-state index in [-0.39, 0.29) is 50.0 Å². The SMILES string of the molecule is CC(C)C[C@H](OC(=O)CCNC(=O)CNC(=O)/C=C/CC[C@H](C)C1O[C@@H]1C1=CCCC=C1)C(=O)O.Cc1ccc(O)c(C)c1.